The SMILES string of the molecule is Cl.O=C(NC1CCNCC1)c1ccccc1. The fraction of sp³-hybridized carbons (Fsp3) is 0.417. The number of hydrogen-bond acceptors (Lipinski definition) is 2. The second-order valence-corrected chi connectivity index (χ2v) is 3.86. The molecule has 2 rings (SSSR count). The van der Waals surface area contributed by atoms with Gasteiger partial charge in [-0.25, -0.2) is 0 Å². The molecular weight excluding hydrogens is 224 g/mol. The first-order valence-corrected chi connectivity index (χ1v) is 5.43. The molecule has 16 heavy (non-hydrogen) atoms. The summed E-state index contributed by atoms with van der Waals surface area (Å²) < 4.78 is 0. The van der Waals surface area contributed by atoms with Gasteiger partial charge in [0.1, 0.15) is 0 Å². The molecule has 1 saturated heterocycles. The molecule has 0 atom stereocenters. The first-order valence-electron chi connectivity index (χ1n) is 5.43. The van der Waals surface area contributed by atoms with E-state index in [0.29, 0.717) is 6.04 Å². The van der Waals surface area contributed by atoms with Gasteiger partial charge in [-0.05, 0) is 38.1 Å². The Hall–Kier alpha value is -1.06. The molecule has 0 spiro atoms. The van der Waals surface area contributed by atoms with Crippen LogP contribution >= 0.6 is 12.4 Å². The van der Waals surface area contributed by atoms with E-state index in [9.17, 15) is 4.79 Å². The minimum Gasteiger partial charge on any atom is -0.349 e. The Kier molecular flexibility index (Phi) is 5.29. The Morgan fingerprint density at radius 1 is 1.19 bits per heavy atom. The molecule has 1 aromatic rings. The molecule has 1 aliphatic heterocycles. The summed E-state index contributed by atoms with van der Waals surface area (Å²) in [7, 11) is 0. The first kappa shape index (κ1) is 13.0. The van der Waals surface area contributed by atoms with E-state index >= 15 is 0 Å². The normalized spacial score (nSPS) is 16.2. The fourth-order valence-electron chi connectivity index (χ4n) is 1.82. The average Bonchev–Trinajstić information content (AvgIpc) is 2.31. The molecular formula is C12H17ClN2O. The van der Waals surface area contributed by atoms with Gasteiger partial charge in [0.05, 0.1) is 0 Å². The molecule has 0 saturated carbocycles. The Labute approximate surface area is 102 Å². The number of benzene rings is 1. The van der Waals surface area contributed by atoms with Crippen LogP contribution < -0.4 is 10.6 Å². The zero-order valence-corrected chi connectivity index (χ0v) is 9.93. The van der Waals surface area contributed by atoms with Crippen molar-refractivity contribution in [3.63, 3.8) is 0 Å². The van der Waals surface area contributed by atoms with Crippen LogP contribution in [-0.4, -0.2) is 25.0 Å². The third kappa shape index (κ3) is 3.51. The van der Waals surface area contributed by atoms with Gasteiger partial charge in [-0.3, -0.25) is 4.79 Å². The highest BCUT2D eigenvalue weighted by Gasteiger charge is 2.15. The van der Waals surface area contributed by atoms with Crippen LogP contribution in [0, 0.1) is 0 Å². The lowest BCUT2D eigenvalue weighted by atomic mass is 10.1. The second-order valence-electron chi connectivity index (χ2n) is 3.86. The topological polar surface area (TPSA) is 41.1 Å². The van der Waals surface area contributed by atoms with Crippen LogP contribution in [0.15, 0.2) is 30.3 Å². The summed E-state index contributed by atoms with van der Waals surface area (Å²) in [6.45, 7) is 2.00. The maximum atomic E-state index is 11.8. The van der Waals surface area contributed by atoms with E-state index in [1.807, 2.05) is 30.3 Å². The molecule has 1 heterocycles. The molecule has 0 aromatic heterocycles. The molecule has 88 valence electrons. The highest BCUT2D eigenvalue weighted by Crippen LogP contribution is 2.04. The van der Waals surface area contributed by atoms with Crippen LogP contribution in [0.25, 0.3) is 0 Å². The molecule has 4 heteroatoms. The standard InChI is InChI=1S/C12H16N2O.ClH/c15-12(10-4-2-1-3-5-10)14-11-6-8-13-9-7-11;/h1-5,11,13H,6-9H2,(H,14,15);1H. The number of piperidine rings is 1. The monoisotopic (exact) mass is 240 g/mol. The van der Waals surface area contributed by atoms with Crippen molar-refractivity contribution in [2.75, 3.05) is 13.1 Å². The van der Waals surface area contributed by atoms with Gasteiger partial charge in [-0.15, -0.1) is 12.4 Å². The van der Waals surface area contributed by atoms with Crippen LogP contribution in [0.5, 0.6) is 0 Å². The van der Waals surface area contributed by atoms with Crippen molar-refractivity contribution in [2.45, 2.75) is 18.9 Å². The highest BCUT2D eigenvalue weighted by molar-refractivity contribution is 5.94. The smallest absolute Gasteiger partial charge is 0.251 e. The van der Waals surface area contributed by atoms with Crippen molar-refractivity contribution in [2.24, 2.45) is 0 Å². The molecule has 3 nitrogen and oxygen atoms in total. The number of carbonyl (C=O) groups is 1. The molecule has 1 fully saturated rings. The number of nitrogens with one attached hydrogen (secondary N) is 2. The summed E-state index contributed by atoms with van der Waals surface area (Å²) in [5.41, 5.74) is 0.746. The van der Waals surface area contributed by atoms with Crippen LogP contribution in [0.4, 0.5) is 0 Å². The number of amides is 1. The number of hydrogen-bond donors (Lipinski definition) is 2. The molecule has 2 N–H and O–H groups in total. The lowest BCUT2D eigenvalue weighted by Crippen LogP contribution is -2.42. The third-order valence-corrected chi connectivity index (χ3v) is 2.71. The molecule has 0 bridgehead atoms. The molecule has 0 aliphatic carbocycles. The summed E-state index contributed by atoms with van der Waals surface area (Å²) in [6.07, 6.45) is 2.05. The van der Waals surface area contributed by atoms with Gasteiger partial charge in [0.2, 0.25) is 0 Å². The minimum absolute atomic E-state index is 0. The van der Waals surface area contributed by atoms with Gasteiger partial charge in [-0.2, -0.15) is 0 Å². The maximum absolute atomic E-state index is 11.8. The van der Waals surface area contributed by atoms with E-state index in [1.165, 1.54) is 0 Å². The molecule has 1 amide bonds. The Morgan fingerprint density at radius 3 is 2.44 bits per heavy atom. The summed E-state index contributed by atoms with van der Waals surface area (Å²) in [4.78, 5) is 11.8. The zero-order valence-electron chi connectivity index (χ0n) is 9.11. The van der Waals surface area contributed by atoms with Gasteiger partial charge in [0.15, 0.2) is 0 Å². The van der Waals surface area contributed by atoms with Gasteiger partial charge in [0, 0.05) is 11.6 Å². The lowest BCUT2D eigenvalue weighted by Gasteiger charge is -2.23. The Morgan fingerprint density at radius 2 is 1.81 bits per heavy atom. The summed E-state index contributed by atoms with van der Waals surface area (Å²) >= 11 is 0. The second kappa shape index (κ2) is 6.51. The largest absolute Gasteiger partial charge is 0.349 e. The van der Waals surface area contributed by atoms with E-state index < -0.39 is 0 Å². The lowest BCUT2D eigenvalue weighted by molar-refractivity contribution is 0.0929. The van der Waals surface area contributed by atoms with Crippen molar-refractivity contribution in [1.82, 2.24) is 10.6 Å². The van der Waals surface area contributed by atoms with Crippen molar-refractivity contribution in [3.8, 4) is 0 Å². The van der Waals surface area contributed by atoms with Gasteiger partial charge in [-0.1, -0.05) is 18.2 Å². The van der Waals surface area contributed by atoms with Crippen LogP contribution in [0.3, 0.4) is 0 Å². The fourth-order valence-corrected chi connectivity index (χ4v) is 1.82. The Balaban J connectivity index is 0.00000128. The molecule has 0 radical (unpaired) electrons. The van der Waals surface area contributed by atoms with Gasteiger partial charge < -0.3 is 10.6 Å². The van der Waals surface area contributed by atoms with Gasteiger partial charge in [0.25, 0.3) is 5.91 Å². The van der Waals surface area contributed by atoms with Crippen molar-refractivity contribution in [1.29, 1.82) is 0 Å². The predicted molar refractivity (Wildman–Crippen MR) is 67.0 cm³/mol. The van der Waals surface area contributed by atoms with Crippen LogP contribution in [0.2, 0.25) is 0 Å². The van der Waals surface area contributed by atoms with Crippen molar-refractivity contribution >= 4 is 18.3 Å². The van der Waals surface area contributed by atoms with Crippen molar-refractivity contribution in [3.05, 3.63) is 35.9 Å². The summed E-state index contributed by atoms with van der Waals surface area (Å²) in [5.74, 6) is 0.0440. The van der Waals surface area contributed by atoms with Gasteiger partial charge >= 0.3 is 0 Å². The highest BCUT2D eigenvalue weighted by atomic mass is 35.5. The minimum atomic E-state index is 0. The molecule has 1 aliphatic rings. The van der Waals surface area contributed by atoms with E-state index in [1.54, 1.807) is 0 Å². The quantitative estimate of drug-likeness (QED) is 0.825. The predicted octanol–water partition coefficient (Wildman–Crippen LogP) is 1.59. The third-order valence-electron chi connectivity index (χ3n) is 2.71. The van der Waals surface area contributed by atoms with E-state index in [2.05, 4.69) is 10.6 Å². The zero-order chi connectivity index (χ0) is 10.5. The van der Waals surface area contributed by atoms with E-state index in [-0.39, 0.29) is 18.3 Å². The maximum Gasteiger partial charge on any atom is 0.251 e. The van der Waals surface area contributed by atoms with Crippen LogP contribution in [-0.2, 0) is 0 Å². The van der Waals surface area contributed by atoms with Crippen LogP contribution in [0.1, 0.15) is 23.2 Å². The van der Waals surface area contributed by atoms with E-state index in [0.717, 1.165) is 31.5 Å². The first-order chi connectivity index (χ1) is 7.36. The molecule has 0 unspecified atom stereocenters. The average molecular weight is 241 g/mol. The number of carbonyl (C=O) groups excluding carboxylic acids is 1. The summed E-state index contributed by atoms with van der Waals surface area (Å²) in [6, 6.07) is 9.71. The Bertz CT molecular complexity index is 323. The number of halogens is 1. The van der Waals surface area contributed by atoms with E-state index in [4.69, 9.17) is 0 Å². The van der Waals surface area contributed by atoms with Crippen molar-refractivity contribution < 1.29 is 4.79 Å². The number of rotatable bonds is 2. The molecule has 1 aromatic carbocycles. The summed E-state index contributed by atoms with van der Waals surface area (Å²) in [5, 5.41) is 6.33.